The first-order valence-corrected chi connectivity index (χ1v) is 9.63. The average Bonchev–Trinajstić information content (AvgIpc) is 3.47. The third-order valence-corrected chi connectivity index (χ3v) is 4.91. The molecule has 0 saturated heterocycles. The number of nitrogens with one attached hydrogen (secondary N) is 2. The molecule has 3 heterocycles. The van der Waals surface area contributed by atoms with Gasteiger partial charge in [0.2, 0.25) is 12.7 Å². The van der Waals surface area contributed by atoms with Crippen LogP contribution in [0.25, 0.3) is 11.4 Å². The summed E-state index contributed by atoms with van der Waals surface area (Å²) < 4.78 is 16.2. The first-order chi connectivity index (χ1) is 15.2. The number of aromatic nitrogens is 4. The molecule has 0 amide bonds. The molecule has 5 rings (SSSR count). The molecule has 0 atom stereocenters. The minimum absolute atomic E-state index is 0.235. The van der Waals surface area contributed by atoms with Crippen molar-refractivity contribution in [3.05, 3.63) is 60.8 Å². The molecule has 9 heteroatoms. The van der Waals surface area contributed by atoms with Crippen molar-refractivity contribution in [2.24, 2.45) is 0 Å². The van der Waals surface area contributed by atoms with Crippen molar-refractivity contribution < 1.29 is 14.2 Å². The van der Waals surface area contributed by atoms with Crippen LogP contribution in [-0.4, -0.2) is 41.1 Å². The van der Waals surface area contributed by atoms with Crippen LogP contribution in [0.4, 0.5) is 23.1 Å². The van der Waals surface area contributed by atoms with Crippen molar-refractivity contribution in [2.45, 2.75) is 0 Å². The molecule has 1 aliphatic rings. The van der Waals surface area contributed by atoms with Crippen LogP contribution in [0.1, 0.15) is 0 Å². The molecule has 1 aliphatic heterocycles. The second kappa shape index (κ2) is 7.86. The van der Waals surface area contributed by atoms with Crippen molar-refractivity contribution in [1.82, 2.24) is 20.2 Å². The van der Waals surface area contributed by atoms with Gasteiger partial charge in [-0.2, -0.15) is 4.98 Å². The van der Waals surface area contributed by atoms with Gasteiger partial charge in [0.05, 0.1) is 12.7 Å². The number of nitrogens with zero attached hydrogens (tertiary/aromatic N) is 4. The lowest BCUT2D eigenvalue weighted by atomic mass is 10.2. The standard InChI is InChI=1S/C22H20N6O3/c1-28(15-8-9-18-19(12-15)31-13-30-18)21-17(7-4-10-23-21)20-25-22(27-26-20)24-14-5-3-6-16(11-14)29-2/h3-12H,13H2,1-2H3,(H2,24,25,26,27). The SMILES string of the molecule is COc1cccc(Nc2n[nH]c(-c3cccnc3N(C)c3ccc4c(c3)OCO4)n2)c1. The zero-order chi connectivity index (χ0) is 21.2. The molecular weight excluding hydrogens is 396 g/mol. The monoisotopic (exact) mass is 416 g/mol. The third kappa shape index (κ3) is 3.68. The number of anilines is 4. The zero-order valence-electron chi connectivity index (χ0n) is 17.0. The van der Waals surface area contributed by atoms with E-state index in [2.05, 4.69) is 25.5 Å². The van der Waals surface area contributed by atoms with Gasteiger partial charge in [0.15, 0.2) is 17.3 Å². The van der Waals surface area contributed by atoms with E-state index >= 15 is 0 Å². The van der Waals surface area contributed by atoms with E-state index in [4.69, 9.17) is 14.2 Å². The van der Waals surface area contributed by atoms with Crippen LogP contribution in [0.5, 0.6) is 17.2 Å². The predicted octanol–water partition coefficient (Wildman–Crippen LogP) is 4.12. The van der Waals surface area contributed by atoms with E-state index < -0.39 is 0 Å². The summed E-state index contributed by atoms with van der Waals surface area (Å²) in [6, 6.07) is 17.2. The largest absolute Gasteiger partial charge is 0.497 e. The van der Waals surface area contributed by atoms with Gasteiger partial charge in [-0.15, -0.1) is 5.10 Å². The van der Waals surface area contributed by atoms with Crippen LogP contribution in [0, 0.1) is 0 Å². The molecule has 0 spiro atoms. The summed E-state index contributed by atoms with van der Waals surface area (Å²) in [5.41, 5.74) is 2.56. The van der Waals surface area contributed by atoms with E-state index in [1.165, 1.54) is 0 Å². The van der Waals surface area contributed by atoms with Gasteiger partial charge >= 0.3 is 0 Å². The van der Waals surface area contributed by atoms with Crippen LogP contribution in [0.2, 0.25) is 0 Å². The first-order valence-electron chi connectivity index (χ1n) is 9.63. The Kier molecular flexibility index (Phi) is 4.75. The topological polar surface area (TPSA) is 97.4 Å². The summed E-state index contributed by atoms with van der Waals surface area (Å²) in [4.78, 5) is 11.1. The van der Waals surface area contributed by atoms with E-state index in [0.29, 0.717) is 17.5 Å². The molecule has 2 aromatic heterocycles. The number of rotatable bonds is 6. The predicted molar refractivity (Wildman–Crippen MR) is 117 cm³/mol. The first kappa shape index (κ1) is 18.7. The fourth-order valence-corrected chi connectivity index (χ4v) is 3.33. The molecule has 0 aliphatic carbocycles. The van der Waals surface area contributed by atoms with Gasteiger partial charge in [0.1, 0.15) is 11.6 Å². The number of H-pyrrole nitrogens is 1. The highest BCUT2D eigenvalue weighted by atomic mass is 16.7. The van der Waals surface area contributed by atoms with Gasteiger partial charge in [-0.05, 0) is 36.4 Å². The zero-order valence-corrected chi connectivity index (χ0v) is 17.0. The van der Waals surface area contributed by atoms with Gasteiger partial charge < -0.3 is 24.4 Å². The van der Waals surface area contributed by atoms with E-state index in [1.54, 1.807) is 13.3 Å². The van der Waals surface area contributed by atoms with Crippen molar-refractivity contribution in [3.8, 4) is 28.6 Å². The Labute approximate surface area is 178 Å². The number of benzene rings is 2. The Morgan fingerprint density at radius 1 is 1.06 bits per heavy atom. The Morgan fingerprint density at radius 2 is 1.97 bits per heavy atom. The van der Waals surface area contributed by atoms with Gasteiger partial charge in [-0.1, -0.05) is 6.07 Å². The summed E-state index contributed by atoms with van der Waals surface area (Å²) >= 11 is 0. The van der Waals surface area contributed by atoms with Crippen molar-refractivity contribution in [1.29, 1.82) is 0 Å². The fourth-order valence-electron chi connectivity index (χ4n) is 3.33. The minimum atomic E-state index is 0.235. The Balaban J connectivity index is 1.43. The number of aromatic amines is 1. The maximum Gasteiger partial charge on any atom is 0.246 e. The molecule has 156 valence electrons. The van der Waals surface area contributed by atoms with E-state index in [1.807, 2.05) is 66.5 Å². The minimum Gasteiger partial charge on any atom is -0.497 e. The second-order valence-corrected chi connectivity index (χ2v) is 6.84. The number of hydrogen-bond donors (Lipinski definition) is 2. The molecule has 2 N–H and O–H groups in total. The quantitative estimate of drug-likeness (QED) is 0.485. The van der Waals surface area contributed by atoms with Gasteiger partial charge in [-0.3, -0.25) is 5.10 Å². The highest BCUT2D eigenvalue weighted by molar-refractivity contribution is 5.77. The molecule has 0 radical (unpaired) electrons. The molecule has 2 aromatic carbocycles. The number of methoxy groups -OCH3 is 1. The lowest BCUT2D eigenvalue weighted by Gasteiger charge is -2.20. The molecule has 0 bridgehead atoms. The van der Waals surface area contributed by atoms with Crippen LogP contribution in [-0.2, 0) is 0 Å². The van der Waals surface area contributed by atoms with Crippen LogP contribution in [0.15, 0.2) is 60.8 Å². The maximum atomic E-state index is 5.50. The molecular formula is C22H20N6O3. The van der Waals surface area contributed by atoms with Crippen molar-refractivity contribution >= 4 is 23.1 Å². The fraction of sp³-hybridized carbons (Fsp3) is 0.136. The Morgan fingerprint density at radius 3 is 2.87 bits per heavy atom. The highest BCUT2D eigenvalue weighted by Crippen LogP contribution is 2.38. The molecule has 9 nitrogen and oxygen atoms in total. The van der Waals surface area contributed by atoms with E-state index in [-0.39, 0.29) is 6.79 Å². The lowest BCUT2D eigenvalue weighted by Crippen LogP contribution is -2.12. The van der Waals surface area contributed by atoms with Gasteiger partial charge in [0, 0.05) is 36.8 Å². The lowest BCUT2D eigenvalue weighted by molar-refractivity contribution is 0.174. The summed E-state index contributed by atoms with van der Waals surface area (Å²) in [6.45, 7) is 0.235. The smallest absolute Gasteiger partial charge is 0.246 e. The van der Waals surface area contributed by atoms with Crippen LogP contribution >= 0.6 is 0 Å². The highest BCUT2D eigenvalue weighted by Gasteiger charge is 2.19. The summed E-state index contributed by atoms with van der Waals surface area (Å²) in [6.07, 6.45) is 1.74. The molecule has 0 fully saturated rings. The van der Waals surface area contributed by atoms with E-state index in [0.717, 1.165) is 34.3 Å². The van der Waals surface area contributed by atoms with Gasteiger partial charge in [-0.25, -0.2) is 4.98 Å². The van der Waals surface area contributed by atoms with Crippen LogP contribution < -0.4 is 24.4 Å². The summed E-state index contributed by atoms with van der Waals surface area (Å²) in [5.74, 6) is 3.98. The van der Waals surface area contributed by atoms with Crippen molar-refractivity contribution in [3.63, 3.8) is 0 Å². The Hall–Kier alpha value is -4.27. The number of fused-ring (bicyclic) bond motifs is 1. The summed E-state index contributed by atoms with van der Waals surface area (Å²) in [5, 5.41) is 10.5. The normalized spacial score (nSPS) is 11.9. The average molecular weight is 416 g/mol. The molecule has 31 heavy (non-hydrogen) atoms. The van der Waals surface area contributed by atoms with E-state index in [9.17, 15) is 0 Å². The number of hydrogen-bond acceptors (Lipinski definition) is 8. The summed E-state index contributed by atoms with van der Waals surface area (Å²) in [7, 11) is 3.57. The number of pyridine rings is 1. The van der Waals surface area contributed by atoms with Crippen molar-refractivity contribution in [2.75, 3.05) is 31.2 Å². The van der Waals surface area contributed by atoms with Gasteiger partial charge in [0.25, 0.3) is 0 Å². The van der Waals surface area contributed by atoms with Crippen LogP contribution in [0.3, 0.4) is 0 Å². The second-order valence-electron chi connectivity index (χ2n) is 6.84. The molecule has 0 saturated carbocycles. The number of ether oxygens (including phenoxy) is 3. The molecule has 4 aromatic rings. The maximum absolute atomic E-state index is 5.50. The third-order valence-electron chi connectivity index (χ3n) is 4.91. The molecule has 0 unspecified atom stereocenters. The Bertz CT molecular complexity index is 1230.